The number of aryl methyl sites for hydroxylation is 1. The number of nitrogens with two attached hydrogens (primary N) is 1. The van der Waals surface area contributed by atoms with Crippen LogP contribution in [0.2, 0.25) is 0 Å². The van der Waals surface area contributed by atoms with E-state index in [0.29, 0.717) is 6.54 Å². The van der Waals surface area contributed by atoms with Gasteiger partial charge in [0.1, 0.15) is 4.90 Å². The fraction of sp³-hybridized carbons (Fsp3) is 0.667. The summed E-state index contributed by atoms with van der Waals surface area (Å²) >= 11 is 0. The summed E-state index contributed by atoms with van der Waals surface area (Å²) in [6.07, 6.45) is 0. The second-order valence-corrected chi connectivity index (χ2v) is 7.55. The van der Waals surface area contributed by atoms with E-state index >= 15 is 0 Å². The van der Waals surface area contributed by atoms with Gasteiger partial charge >= 0.3 is 0 Å². The first-order valence-electron chi connectivity index (χ1n) is 6.30. The number of nitrogens with one attached hydrogen (secondary N) is 2. The summed E-state index contributed by atoms with van der Waals surface area (Å²) in [7, 11) is -3.99. The number of nitrogens with zero attached hydrogens (tertiary/aromatic N) is 1. The lowest BCUT2D eigenvalue weighted by Gasteiger charge is -2.27. The van der Waals surface area contributed by atoms with Crippen LogP contribution in [0.15, 0.2) is 4.90 Å². The van der Waals surface area contributed by atoms with Gasteiger partial charge < -0.3 is 5.32 Å². The minimum Gasteiger partial charge on any atom is -0.350 e. The lowest BCUT2D eigenvalue weighted by atomic mass is 9.82. The van der Waals surface area contributed by atoms with Crippen LogP contribution in [0.4, 0.5) is 0 Å². The molecular formula is C12H22N4O3S. The van der Waals surface area contributed by atoms with Crippen molar-refractivity contribution < 1.29 is 13.2 Å². The summed E-state index contributed by atoms with van der Waals surface area (Å²) in [6.45, 7) is 10.1. The van der Waals surface area contributed by atoms with E-state index in [2.05, 4.69) is 36.3 Å². The van der Waals surface area contributed by atoms with E-state index in [1.807, 2.05) is 6.92 Å². The van der Waals surface area contributed by atoms with Gasteiger partial charge in [0.25, 0.3) is 5.91 Å². The third-order valence-corrected chi connectivity index (χ3v) is 4.51. The zero-order valence-corrected chi connectivity index (χ0v) is 13.3. The number of amides is 1. The molecule has 0 aliphatic heterocycles. The van der Waals surface area contributed by atoms with Crippen molar-refractivity contribution in [2.75, 3.05) is 6.54 Å². The SMILES string of the molecule is Cc1[nH]nc(C(=O)NCC(C)C(C)(C)C)c1S(N)(=O)=O. The molecule has 114 valence electrons. The Hall–Kier alpha value is -1.41. The highest BCUT2D eigenvalue weighted by Gasteiger charge is 2.27. The maximum absolute atomic E-state index is 12.0. The van der Waals surface area contributed by atoms with Crippen LogP contribution in [0, 0.1) is 18.3 Å². The van der Waals surface area contributed by atoms with Crippen molar-refractivity contribution in [3.63, 3.8) is 0 Å². The molecule has 7 nitrogen and oxygen atoms in total. The highest BCUT2D eigenvalue weighted by atomic mass is 32.2. The van der Waals surface area contributed by atoms with Crippen molar-refractivity contribution in [3.05, 3.63) is 11.4 Å². The molecule has 0 fully saturated rings. The number of aromatic nitrogens is 2. The highest BCUT2D eigenvalue weighted by molar-refractivity contribution is 7.89. The Morgan fingerprint density at radius 2 is 2.00 bits per heavy atom. The Kier molecular flexibility index (Phi) is 4.60. The van der Waals surface area contributed by atoms with Gasteiger partial charge in [0.05, 0.1) is 5.69 Å². The van der Waals surface area contributed by atoms with Gasteiger partial charge in [0.2, 0.25) is 10.0 Å². The summed E-state index contributed by atoms with van der Waals surface area (Å²) in [4.78, 5) is 11.8. The molecule has 0 bridgehead atoms. The molecule has 1 rings (SSSR count). The number of hydrogen-bond acceptors (Lipinski definition) is 4. The maximum atomic E-state index is 12.0. The highest BCUT2D eigenvalue weighted by Crippen LogP contribution is 2.24. The quantitative estimate of drug-likeness (QED) is 0.761. The van der Waals surface area contributed by atoms with E-state index in [4.69, 9.17) is 5.14 Å². The molecular weight excluding hydrogens is 280 g/mol. The molecule has 1 aromatic heterocycles. The van der Waals surface area contributed by atoms with Crippen LogP contribution < -0.4 is 10.5 Å². The van der Waals surface area contributed by atoms with Crippen LogP contribution in [0.25, 0.3) is 0 Å². The van der Waals surface area contributed by atoms with Gasteiger partial charge in [-0.05, 0) is 18.3 Å². The smallest absolute Gasteiger partial charge is 0.273 e. The molecule has 0 aromatic carbocycles. The topological polar surface area (TPSA) is 118 Å². The van der Waals surface area contributed by atoms with Crippen LogP contribution >= 0.6 is 0 Å². The molecule has 1 aromatic rings. The average molecular weight is 302 g/mol. The molecule has 1 amide bonds. The normalized spacial score (nSPS) is 14.1. The second kappa shape index (κ2) is 5.53. The first kappa shape index (κ1) is 16.6. The molecule has 1 heterocycles. The first-order valence-corrected chi connectivity index (χ1v) is 7.85. The molecule has 8 heteroatoms. The molecule has 0 radical (unpaired) electrons. The Morgan fingerprint density at radius 1 is 1.45 bits per heavy atom. The molecule has 0 aliphatic carbocycles. The van der Waals surface area contributed by atoms with Crippen LogP contribution in [0.5, 0.6) is 0 Å². The Balaban J connectivity index is 2.91. The summed E-state index contributed by atoms with van der Waals surface area (Å²) in [6, 6.07) is 0. The standard InChI is InChI=1S/C12H22N4O3S/c1-7(12(3,4)5)6-14-11(17)9-10(20(13,18)19)8(2)15-16-9/h7H,6H2,1-5H3,(H,14,17)(H,15,16)(H2,13,18,19). The van der Waals surface area contributed by atoms with Crippen molar-refractivity contribution in [2.45, 2.75) is 39.5 Å². The van der Waals surface area contributed by atoms with Crippen LogP contribution in [0.1, 0.15) is 43.9 Å². The molecule has 0 aliphatic rings. The summed E-state index contributed by atoms with van der Waals surface area (Å²) < 4.78 is 23.0. The zero-order chi connectivity index (χ0) is 15.7. The number of sulfonamides is 1. The lowest BCUT2D eigenvalue weighted by Crippen LogP contribution is -2.34. The number of carbonyl (C=O) groups excluding carboxylic acids is 1. The molecule has 1 atom stereocenters. The number of primary sulfonamides is 1. The van der Waals surface area contributed by atoms with E-state index in [0.717, 1.165) is 0 Å². The fourth-order valence-electron chi connectivity index (χ4n) is 1.56. The van der Waals surface area contributed by atoms with Crippen LogP contribution in [0.3, 0.4) is 0 Å². The second-order valence-electron chi connectivity index (χ2n) is 6.05. The minimum atomic E-state index is -3.99. The third-order valence-electron chi connectivity index (χ3n) is 3.44. The van der Waals surface area contributed by atoms with Crippen molar-refractivity contribution in [2.24, 2.45) is 16.5 Å². The van der Waals surface area contributed by atoms with E-state index < -0.39 is 15.9 Å². The van der Waals surface area contributed by atoms with Gasteiger partial charge in [-0.2, -0.15) is 5.10 Å². The van der Waals surface area contributed by atoms with E-state index in [1.165, 1.54) is 6.92 Å². The molecule has 1 unspecified atom stereocenters. The van der Waals surface area contributed by atoms with Crippen LogP contribution in [-0.2, 0) is 10.0 Å². The Labute approximate surface area is 119 Å². The molecule has 0 saturated heterocycles. The predicted molar refractivity (Wildman–Crippen MR) is 75.7 cm³/mol. The molecule has 20 heavy (non-hydrogen) atoms. The van der Waals surface area contributed by atoms with Crippen molar-refractivity contribution >= 4 is 15.9 Å². The van der Waals surface area contributed by atoms with Gasteiger partial charge in [-0.3, -0.25) is 9.89 Å². The van der Waals surface area contributed by atoms with E-state index in [1.54, 1.807) is 0 Å². The molecule has 4 N–H and O–H groups in total. The van der Waals surface area contributed by atoms with E-state index in [-0.39, 0.29) is 27.6 Å². The number of H-pyrrole nitrogens is 1. The first-order chi connectivity index (χ1) is 8.94. The van der Waals surface area contributed by atoms with Gasteiger partial charge in [-0.1, -0.05) is 27.7 Å². The third kappa shape index (κ3) is 3.80. The summed E-state index contributed by atoms with van der Waals surface area (Å²) in [5.41, 5.74) is 0.102. The van der Waals surface area contributed by atoms with Crippen molar-refractivity contribution in [1.29, 1.82) is 0 Å². The van der Waals surface area contributed by atoms with E-state index in [9.17, 15) is 13.2 Å². The maximum Gasteiger partial charge on any atom is 0.273 e. The Morgan fingerprint density at radius 3 is 2.45 bits per heavy atom. The van der Waals surface area contributed by atoms with Crippen molar-refractivity contribution in [3.8, 4) is 0 Å². The predicted octanol–water partition coefficient (Wildman–Crippen LogP) is 0.778. The van der Waals surface area contributed by atoms with Crippen LogP contribution in [-0.4, -0.2) is 31.1 Å². The largest absolute Gasteiger partial charge is 0.350 e. The van der Waals surface area contributed by atoms with Gasteiger partial charge in [0, 0.05) is 6.54 Å². The monoisotopic (exact) mass is 302 g/mol. The summed E-state index contributed by atoms with van der Waals surface area (Å²) in [5, 5.41) is 14.0. The number of aromatic amines is 1. The lowest BCUT2D eigenvalue weighted by molar-refractivity contribution is 0.0928. The average Bonchev–Trinajstić information content (AvgIpc) is 2.65. The van der Waals surface area contributed by atoms with Gasteiger partial charge in [0.15, 0.2) is 5.69 Å². The zero-order valence-electron chi connectivity index (χ0n) is 12.4. The number of hydrogen-bond donors (Lipinski definition) is 3. The van der Waals surface area contributed by atoms with Gasteiger partial charge in [-0.25, -0.2) is 13.6 Å². The minimum absolute atomic E-state index is 0.0392. The number of carbonyl (C=O) groups is 1. The summed E-state index contributed by atoms with van der Waals surface area (Å²) in [5.74, 6) is -0.320. The fourth-order valence-corrected chi connectivity index (χ4v) is 2.44. The van der Waals surface area contributed by atoms with Gasteiger partial charge in [-0.15, -0.1) is 0 Å². The molecule has 0 spiro atoms. The van der Waals surface area contributed by atoms with Crippen molar-refractivity contribution in [1.82, 2.24) is 15.5 Å². The Bertz CT molecular complexity index is 599. The number of rotatable bonds is 4. The molecule has 0 saturated carbocycles.